The predicted octanol–water partition coefficient (Wildman–Crippen LogP) is 7.85. The summed E-state index contributed by atoms with van der Waals surface area (Å²) in [6.07, 6.45) is 3.99. The number of nitrogens with zero attached hydrogens (tertiary/aromatic N) is 4. The number of hydrogen-bond donors (Lipinski definition) is 0. The number of aryl methyl sites for hydroxylation is 1. The number of rotatable bonds is 6. The summed E-state index contributed by atoms with van der Waals surface area (Å²) in [5.74, 6) is 1.27. The van der Waals surface area contributed by atoms with Crippen LogP contribution >= 0.6 is 0 Å². The monoisotopic (exact) mass is 712 g/mol. The van der Waals surface area contributed by atoms with Crippen molar-refractivity contribution in [2.75, 3.05) is 11.9 Å². The van der Waals surface area contributed by atoms with Crippen LogP contribution in [0.4, 0.5) is 5.69 Å². The van der Waals surface area contributed by atoms with Gasteiger partial charge in [0, 0.05) is 49.2 Å². The van der Waals surface area contributed by atoms with Crippen LogP contribution in [0.25, 0.3) is 5.69 Å². The standard InChI is InChI=1S/C34H37N4O.Pt/c1-24-32(34(6,7)26-13-10-9-11-14-26)25(2)38(35-24)29-19-27(33(3,4)5)20-31(22-29)39-30-16-12-15-28(21-30)37-18-17-36(8)23-37;/h9-20,23H,1-8H3;/q-3;. The Kier molecular flexibility index (Phi) is 8.38. The Bertz CT molecular complexity index is 1510. The van der Waals surface area contributed by atoms with Crippen LogP contribution in [-0.4, -0.2) is 21.7 Å². The van der Waals surface area contributed by atoms with E-state index in [2.05, 4.69) is 103 Å². The minimum absolute atomic E-state index is 0. The van der Waals surface area contributed by atoms with Crippen molar-refractivity contribution >= 4 is 5.69 Å². The molecule has 1 aliphatic rings. The SMILES string of the molecule is Cc1nn(-c2[c-]c(Oc3[c-]c(N4C=CN(C)[CH-]4)ccc3)cc(C(C)(C)C)c2)c(C)c1C(C)(C)c1ccccc1.[Pt]. The molecule has 5 nitrogen and oxygen atoms in total. The Hall–Kier alpha value is -3.30. The van der Waals surface area contributed by atoms with E-state index in [1.54, 1.807) is 0 Å². The molecule has 0 unspecified atom stereocenters. The van der Waals surface area contributed by atoms with E-state index in [1.807, 2.05) is 58.8 Å². The maximum atomic E-state index is 6.39. The van der Waals surface area contributed by atoms with Crippen molar-refractivity contribution in [3.63, 3.8) is 0 Å². The molecule has 0 radical (unpaired) electrons. The molecule has 0 fully saturated rings. The zero-order valence-corrected chi connectivity index (χ0v) is 26.8. The number of anilines is 1. The average molecular weight is 713 g/mol. The molecule has 0 aliphatic carbocycles. The maximum absolute atomic E-state index is 6.39. The molecule has 40 heavy (non-hydrogen) atoms. The third-order valence-electron chi connectivity index (χ3n) is 7.36. The van der Waals surface area contributed by atoms with Crippen LogP contribution in [0.3, 0.4) is 0 Å². The van der Waals surface area contributed by atoms with Crippen LogP contribution < -0.4 is 9.64 Å². The maximum Gasteiger partial charge on any atom is 0.0640 e. The summed E-state index contributed by atoms with van der Waals surface area (Å²) in [5, 5.41) is 5.02. The number of hydrogen-bond acceptors (Lipinski definition) is 4. The normalized spacial score (nSPS) is 13.5. The molecule has 212 valence electrons. The second-order valence-electron chi connectivity index (χ2n) is 11.8. The molecule has 0 N–H and O–H groups in total. The molecule has 1 aromatic heterocycles. The molecular weight excluding hydrogens is 675 g/mol. The molecule has 0 bridgehead atoms. The van der Waals surface area contributed by atoms with E-state index in [0.717, 1.165) is 28.3 Å². The van der Waals surface area contributed by atoms with Crippen LogP contribution in [-0.2, 0) is 31.9 Å². The topological polar surface area (TPSA) is 33.5 Å². The minimum atomic E-state index is -0.195. The molecule has 1 aliphatic heterocycles. The number of ether oxygens (including phenoxy) is 1. The molecular formula is C34H37N4OPt-3. The minimum Gasteiger partial charge on any atom is -0.510 e. The van der Waals surface area contributed by atoms with Gasteiger partial charge < -0.3 is 14.5 Å². The third-order valence-corrected chi connectivity index (χ3v) is 7.36. The second-order valence-corrected chi connectivity index (χ2v) is 11.8. The molecule has 3 aromatic carbocycles. The number of benzene rings is 3. The fourth-order valence-electron chi connectivity index (χ4n) is 5.27. The van der Waals surface area contributed by atoms with E-state index >= 15 is 0 Å². The van der Waals surface area contributed by atoms with Crippen molar-refractivity contribution in [2.45, 2.75) is 59.3 Å². The Balaban J connectivity index is 0.00000370. The molecule has 2 heterocycles. The van der Waals surface area contributed by atoms with Crippen molar-refractivity contribution in [1.82, 2.24) is 14.7 Å². The summed E-state index contributed by atoms with van der Waals surface area (Å²) in [6.45, 7) is 17.4. The first-order valence-corrected chi connectivity index (χ1v) is 13.4. The Morgan fingerprint density at radius 2 is 1.50 bits per heavy atom. The largest absolute Gasteiger partial charge is 0.510 e. The van der Waals surface area contributed by atoms with E-state index in [-0.39, 0.29) is 31.9 Å². The Labute approximate surface area is 253 Å². The Morgan fingerprint density at radius 1 is 0.800 bits per heavy atom. The van der Waals surface area contributed by atoms with Gasteiger partial charge in [0.05, 0.1) is 5.69 Å². The second kappa shape index (κ2) is 11.3. The fraction of sp³-hybridized carbons (Fsp3) is 0.294. The first-order chi connectivity index (χ1) is 18.4. The van der Waals surface area contributed by atoms with Gasteiger partial charge >= 0.3 is 0 Å². The van der Waals surface area contributed by atoms with Crippen LogP contribution in [0.1, 0.15) is 62.7 Å². The van der Waals surface area contributed by atoms with Crippen LogP contribution in [0, 0.1) is 32.6 Å². The van der Waals surface area contributed by atoms with Gasteiger partial charge in [-0.3, -0.25) is 4.68 Å². The van der Waals surface area contributed by atoms with Gasteiger partial charge in [0.25, 0.3) is 0 Å². The van der Waals surface area contributed by atoms with Crippen molar-refractivity contribution in [3.05, 3.63) is 120 Å². The molecule has 0 saturated heterocycles. The van der Waals surface area contributed by atoms with E-state index in [0.29, 0.717) is 11.5 Å². The van der Waals surface area contributed by atoms with Crippen molar-refractivity contribution in [1.29, 1.82) is 0 Å². The summed E-state index contributed by atoms with van der Waals surface area (Å²) in [4.78, 5) is 4.01. The van der Waals surface area contributed by atoms with Gasteiger partial charge in [0.15, 0.2) is 0 Å². The third kappa shape index (κ3) is 5.90. The zero-order valence-electron chi connectivity index (χ0n) is 24.5. The molecule has 5 rings (SSSR count). The van der Waals surface area contributed by atoms with Gasteiger partial charge in [-0.15, -0.1) is 47.6 Å². The van der Waals surface area contributed by atoms with Gasteiger partial charge in [-0.25, -0.2) is 0 Å². The van der Waals surface area contributed by atoms with E-state index in [1.165, 1.54) is 11.1 Å². The van der Waals surface area contributed by atoms with Gasteiger partial charge in [-0.1, -0.05) is 65.0 Å². The van der Waals surface area contributed by atoms with Gasteiger partial charge in [0.2, 0.25) is 0 Å². The van der Waals surface area contributed by atoms with Crippen molar-refractivity contribution in [3.8, 4) is 17.2 Å². The summed E-state index contributed by atoms with van der Waals surface area (Å²) >= 11 is 0. The molecule has 6 heteroatoms. The summed E-state index contributed by atoms with van der Waals surface area (Å²) in [6, 6.07) is 27.7. The summed E-state index contributed by atoms with van der Waals surface area (Å²) < 4.78 is 8.40. The smallest absolute Gasteiger partial charge is 0.0640 e. The number of aromatic nitrogens is 2. The van der Waals surface area contributed by atoms with Crippen molar-refractivity contribution in [2.24, 2.45) is 0 Å². The van der Waals surface area contributed by atoms with Gasteiger partial charge in [-0.2, -0.15) is 17.8 Å². The quantitative estimate of drug-likeness (QED) is 0.191. The molecule has 4 aromatic rings. The summed E-state index contributed by atoms with van der Waals surface area (Å²) in [7, 11) is 2.00. The summed E-state index contributed by atoms with van der Waals surface area (Å²) in [5.41, 5.74) is 7.24. The van der Waals surface area contributed by atoms with E-state index < -0.39 is 0 Å². The Morgan fingerprint density at radius 3 is 2.15 bits per heavy atom. The fourth-order valence-corrected chi connectivity index (χ4v) is 5.27. The zero-order chi connectivity index (χ0) is 27.9. The van der Waals surface area contributed by atoms with Gasteiger partial charge in [-0.05, 0) is 50.0 Å². The van der Waals surface area contributed by atoms with E-state index in [4.69, 9.17) is 9.84 Å². The molecule has 0 amide bonds. The van der Waals surface area contributed by atoms with E-state index in [9.17, 15) is 0 Å². The molecule has 0 spiro atoms. The van der Waals surface area contributed by atoms with Crippen molar-refractivity contribution < 1.29 is 25.8 Å². The van der Waals surface area contributed by atoms with Crippen LogP contribution in [0.5, 0.6) is 11.5 Å². The van der Waals surface area contributed by atoms with Gasteiger partial charge in [0.1, 0.15) is 0 Å². The molecule has 0 atom stereocenters. The average Bonchev–Trinajstić information content (AvgIpc) is 3.46. The first kappa shape index (κ1) is 29.7. The first-order valence-electron chi connectivity index (χ1n) is 13.4. The predicted molar refractivity (Wildman–Crippen MR) is 158 cm³/mol. The van der Waals surface area contributed by atoms with Crippen LogP contribution in [0.15, 0.2) is 73.1 Å². The van der Waals surface area contributed by atoms with Crippen LogP contribution in [0.2, 0.25) is 0 Å². The molecule has 0 saturated carbocycles.